The van der Waals surface area contributed by atoms with Gasteiger partial charge in [-0.2, -0.15) is 0 Å². The first-order valence-corrected chi connectivity index (χ1v) is 10.2. The lowest BCUT2D eigenvalue weighted by atomic mass is 10.1. The van der Waals surface area contributed by atoms with Crippen molar-refractivity contribution in [2.75, 3.05) is 42.6 Å². The molecule has 0 unspecified atom stereocenters. The Bertz CT molecular complexity index is 912. The Morgan fingerprint density at radius 3 is 2.41 bits per heavy atom. The van der Waals surface area contributed by atoms with Crippen LogP contribution in [0.2, 0.25) is 0 Å². The second kappa shape index (κ2) is 9.22. The van der Waals surface area contributed by atoms with Gasteiger partial charge in [0.15, 0.2) is 0 Å². The van der Waals surface area contributed by atoms with Gasteiger partial charge in [0.05, 0.1) is 13.2 Å². The van der Waals surface area contributed by atoms with Crippen LogP contribution in [0, 0.1) is 20.8 Å². The quantitative estimate of drug-likeness (QED) is 0.809. The molecule has 0 bridgehead atoms. The van der Waals surface area contributed by atoms with Gasteiger partial charge in [-0.15, -0.1) is 0 Å². The van der Waals surface area contributed by atoms with Crippen molar-refractivity contribution in [3.8, 4) is 0 Å². The van der Waals surface area contributed by atoms with Crippen molar-refractivity contribution < 1.29 is 9.53 Å². The molecule has 1 saturated heterocycles. The Kier molecular flexibility index (Phi) is 6.69. The van der Waals surface area contributed by atoms with Gasteiger partial charge in [-0.3, -0.25) is 14.6 Å². The lowest BCUT2D eigenvalue weighted by Gasteiger charge is -2.27. The van der Waals surface area contributed by atoms with Gasteiger partial charge >= 0.3 is 0 Å². The summed E-state index contributed by atoms with van der Waals surface area (Å²) in [4.78, 5) is 36.8. The molecule has 1 fully saturated rings. The van der Waals surface area contributed by atoms with Gasteiger partial charge in [-0.1, -0.05) is 6.07 Å². The number of ether oxygens (including phenoxy) is 1. The average molecular weight is 399 g/mol. The van der Waals surface area contributed by atoms with E-state index in [0.29, 0.717) is 56.5 Å². The van der Waals surface area contributed by atoms with E-state index in [2.05, 4.69) is 16.0 Å². The third-order valence-corrected chi connectivity index (χ3v) is 5.24. The Morgan fingerprint density at radius 1 is 1.17 bits per heavy atom. The third-order valence-electron chi connectivity index (χ3n) is 5.24. The number of rotatable bonds is 6. The number of aromatic nitrogens is 2. The van der Waals surface area contributed by atoms with Gasteiger partial charge in [-0.25, -0.2) is 4.98 Å². The van der Waals surface area contributed by atoms with Crippen LogP contribution in [0.25, 0.3) is 0 Å². The summed E-state index contributed by atoms with van der Waals surface area (Å²) in [6.45, 7) is 11.1. The van der Waals surface area contributed by atoms with Crippen molar-refractivity contribution in [1.82, 2.24) is 9.97 Å². The van der Waals surface area contributed by atoms with E-state index in [1.807, 2.05) is 44.7 Å². The first-order valence-electron chi connectivity index (χ1n) is 10.2. The number of aromatic amines is 1. The molecule has 0 spiro atoms. The highest BCUT2D eigenvalue weighted by atomic mass is 16.5. The highest BCUT2D eigenvalue weighted by Crippen LogP contribution is 2.20. The molecule has 156 valence electrons. The van der Waals surface area contributed by atoms with Crippen molar-refractivity contribution in [1.29, 1.82) is 0 Å². The van der Waals surface area contributed by atoms with Crippen LogP contribution < -0.4 is 15.4 Å². The van der Waals surface area contributed by atoms with Gasteiger partial charge in [0.25, 0.3) is 5.56 Å². The average Bonchev–Trinajstić information content (AvgIpc) is 2.67. The first-order chi connectivity index (χ1) is 13.9. The van der Waals surface area contributed by atoms with Gasteiger partial charge < -0.3 is 14.5 Å². The largest absolute Gasteiger partial charge is 0.378 e. The number of benzene rings is 1. The second-order valence-corrected chi connectivity index (χ2v) is 7.54. The minimum atomic E-state index is -0.166. The lowest BCUT2D eigenvalue weighted by Crippen LogP contribution is -2.38. The van der Waals surface area contributed by atoms with Crippen molar-refractivity contribution in [3.63, 3.8) is 0 Å². The number of nitrogens with one attached hydrogen (secondary N) is 1. The summed E-state index contributed by atoms with van der Waals surface area (Å²) in [5.41, 5.74) is 4.25. The maximum absolute atomic E-state index is 12.9. The summed E-state index contributed by atoms with van der Waals surface area (Å²) in [6, 6.07) is 6.13. The molecule has 7 nitrogen and oxygen atoms in total. The molecule has 0 radical (unpaired) electrons. The molecular weight excluding hydrogens is 368 g/mol. The first kappa shape index (κ1) is 21.0. The van der Waals surface area contributed by atoms with Crippen LogP contribution >= 0.6 is 0 Å². The monoisotopic (exact) mass is 398 g/mol. The zero-order valence-electron chi connectivity index (χ0n) is 17.7. The predicted molar refractivity (Wildman–Crippen MR) is 115 cm³/mol. The minimum absolute atomic E-state index is 0.00792. The summed E-state index contributed by atoms with van der Waals surface area (Å²) in [5.74, 6) is 0.588. The number of H-pyrrole nitrogens is 1. The smallest absolute Gasteiger partial charge is 0.255 e. The van der Waals surface area contributed by atoms with Gasteiger partial charge in [0.1, 0.15) is 0 Å². The number of nitrogens with zero attached hydrogens (tertiary/aromatic N) is 3. The van der Waals surface area contributed by atoms with Gasteiger partial charge in [0.2, 0.25) is 11.9 Å². The van der Waals surface area contributed by atoms with E-state index >= 15 is 0 Å². The zero-order chi connectivity index (χ0) is 21.0. The second-order valence-electron chi connectivity index (χ2n) is 7.54. The number of morpholine rings is 1. The summed E-state index contributed by atoms with van der Waals surface area (Å²) in [5, 5.41) is 0. The van der Waals surface area contributed by atoms with Crippen LogP contribution in [-0.2, 0) is 16.0 Å². The molecule has 1 aromatic carbocycles. The summed E-state index contributed by atoms with van der Waals surface area (Å²) < 4.78 is 5.35. The number of anilines is 2. The summed E-state index contributed by atoms with van der Waals surface area (Å²) in [7, 11) is 0. The van der Waals surface area contributed by atoms with E-state index in [4.69, 9.17) is 4.74 Å². The standard InChI is InChI=1S/C22H30N4O3/c1-5-26(18-13-15(2)12-16(3)14-18)20(27)7-6-19-17(4)23-22(24-21(19)28)25-8-10-29-11-9-25/h12-14H,5-11H2,1-4H3,(H,23,24,28). The number of carbonyl (C=O) groups excluding carboxylic acids is 1. The van der Waals surface area contributed by atoms with E-state index in [1.54, 1.807) is 4.90 Å². The summed E-state index contributed by atoms with van der Waals surface area (Å²) in [6.07, 6.45) is 0.640. The number of carbonyl (C=O) groups is 1. The molecule has 2 aromatic rings. The van der Waals surface area contributed by atoms with Gasteiger partial charge in [-0.05, 0) is 57.4 Å². The maximum atomic E-state index is 12.9. The number of amides is 1. The van der Waals surface area contributed by atoms with E-state index in [9.17, 15) is 9.59 Å². The van der Waals surface area contributed by atoms with Crippen LogP contribution in [0.1, 0.15) is 35.7 Å². The Hall–Kier alpha value is -2.67. The fraction of sp³-hybridized carbons (Fsp3) is 0.500. The van der Waals surface area contributed by atoms with E-state index in [-0.39, 0.29) is 17.9 Å². The molecule has 0 saturated carbocycles. The molecule has 2 heterocycles. The Labute approximate surface area is 171 Å². The highest BCUT2D eigenvalue weighted by molar-refractivity contribution is 5.93. The number of aryl methyl sites for hydroxylation is 3. The highest BCUT2D eigenvalue weighted by Gasteiger charge is 2.19. The molecule has 29 heavy (non-hydrogen) atoms. The van der Waals surface area contributed by atoms with Crippen molar-refractivity contribution >= 4 is 17.5 Å². The van der Waals surface area contributed by atoms with E-state index in [0.717, 1.165) is 16.8 Å². The molecule has 7 heteroatoms. The molecular formula is C22H30N4O3. The minimum Gasteiger partial charge on any atom is -0.378 e. The molecule has 1 amide bonds. The lowest BCUT2D eigenvalue weighted by molar-refractivity contribution is -0.118. The topological polar surface area (TPSA) is 78.5 Å². The van der Waals surface area contributed by atoms with Crippen LogP contribution in [-0.4, -0.2) is 48.7 Å². The van der Waals surface area contributed by atoms with E-state index in [1.165, 1.54) is 0 Å². The predicted octanol–water partition coefficient (Wildman–Crippen LogP) is 2.52. The molecule has 0 aliphatic carbocycles. The fourth-order valence-electron chi connectivity index (χ4n) is 3.79. The van der Waals surface area contributed by atoms with Crippen LogP contribution in [0.3, 0.4) is 0 Å². The molecule has 0 atom stereocenters. The molecule has 1 N–H and O–H groups in total. The maximum Gasteiger partial charge on any atom is 0.255 e. The van der Waals surface area contributed by atoms with E-state index < -0.39 is 0 Å². The number of hydrogen-bond acceptors (Lipinski definition) is 5. The zero-order valence-corrected chi connectivity index (χ0v) is 17.7. The normalized spacial score (nSPS) is 14.1. The molecule has 1 aliphatic heterocycles. The third kappa shape index (κ3) is 5.03. The Morgan fingerprint density at radius 2 is 1.83 bits per heavy atom. The van der Waals surface area contributed by atoms with Crippen LogP contribution in [0.4, 0.5) is 11.6 Å². The van der Waals surface area contributed by atoms with Crippen LogP contribution in [0.15, 0.2) is 23.0 Å². The van der Waals surface area contributed by atoms with Crippen molar-refractivity contribution in [3.05, 3.63) is 50.9 Å². The Balaban J connectivity index is 1.72. The van der Waals surface area contributed by atoms with Crippen molar-refractivity contribution in [2.45, 2.75) is 40.5 Å². The number of hydrogen-bond donors (Lipinski definition) is 1. The van der Waals surface area contributed by atoms with Gasteiger partial charge in [0, 0.05) is 43.0 Å². The fourth-order valence-corrected chi connectivity index (χ4v) is 3.79. The molecule has 3 rings (SSSR count). The molecule has 1 aliphatic rings. The summed E-state index contributed by atoms with van der Waals surface area (Å²) >= 11 is 0. The molecule has 1 aromatic heterocycles. The van der Waals surface area contributed by atoms with Crippen LogP contribution in [0.5, 0.6) is 0 Å². The SMILES string of the molecule is CCN(C(=O)CCc1c(C)nc(N2CCOCC2)[nH]c1=O)c1cc(C)cc(C)c1. The van der Waals surface area contributed by atoms with Crippen molar-refractivity contribution in [2.24, 2.45) is 0 Å².